The van der Waals surface area contributed by atoms with Crippen LogP contribution >= 0.6 is 0 Å². The van der Waals surface area contributed by atoms with E-state index >= 15 is 0 Å². The number of alkyl halides is 3. The van der Waals surface area contributed by atoms with E-state index in [2.05, 4.69) is 4.98 Å². The van der Waals surface area contributed by atoms with E-state index in [0.717, 1.165) is 6.92 Å². The number of nitrogens with zero attached hydrogens (tertiary/aromatic N) is 1. The van der Waals surface area contributed by atoms with Crippen molar-refractivity contribution < 1.29 is 27.8 Å². The van der Waals surface area contributed by atoms with Gasteiger partial charge in [-0.1, -0.05) is 0 Å². The van der Waals surface area contributed by atoms with Crippen molar-refractivity contribution in [1.82, 2.24) is 4.98 Å². The van der Waals surface area contributed by atoms with Gasteiger partial charge in [0, 0.05) is 12.1 Å². The summed E-state index contributed by atoms with van der Waals surface area (Å²) < 4.78 is 52.6. The molecule has 0 saturated heterocycles. The Labute approximate surface area is 113 Å². The Morgan fingerprint density at radius 1 is 1.25 bits per heavy atom. The highest BCUT2D eigenvalue weighted by Crippen LogP contribution is 2.39. The number of halogens is 4. The van der Waals surface area contributed by atoms with E-state index in [9.17, 15) is 27.8 Å². The second kappa shape index (κ2) is 4.94. The molecule has 8 heteroatoms. The molecule has 4 nitrogen and oxygen atoms in total. The van der Waals surface area contributed by atoms with Gasteiger partial charge in [0.2, 0.25) is 5.60 Å². The minimum atomic E-state index is -5.07. The van der Waals surface area contributed by atoms with Gasteiger partial charge in [0.25, 0.3) is 0 Å². The van der Waals surface area contributed by atoms with Crippen LogP contribution in [0.1, 0.15) is 30.8 Å². The molecule has 1 heterocycles. The van der Waals surface area contributed by atoms with Crippen LogP contribution in [-0.2, 0) is 11.2 Å². The molecule has 0 aromatic carbocycles. The van der Waals surface area contributed by atoms with Gasteiger partial charge >= 0.3 is 6.18 Å². The van der Waals surface area contributed by atoms with Gasteiger partial charge in [0.05, 0.1) is 17.0 Å². The third-order valence-corrected chi connectivity index (χ3v) is 2.97. The number of aromatic nitrogens is 1. The summed E-state index contributed by atoms with van der Waals surface area (Å²) in [5, 5.41) is 19.5. The molecule has 4 N–H and O–H groups in total. The third-order valence-electron chi connectivity index (χ3n) is 2.97. The molecule has 114 valence electrons. The molecule has 0 fully saturated rings. The van der Waals surface area contributed by atoms with Gasteiger partial charge < -0.3 is 15.9 Å². The lowest BCUT2D eigenvalue weighted by molar-refractivity contribution is -0.263. The van der Waals surface area contributed by atoms with Crippen LogP contribution in [0.4, 0.5) is 17.6 Å². The lowest BCUT2D eigenvalue weighted by atomic mass is 9.91. The van der Waals surface area contributed by atoms with Gasteiger partial charge in [-0.05, 0) is 26.8 Å². The molecule has 1 rings (SSSR count). The minimum absolute atomic E-state index is 0.365. The van der Waals surface area contributed by atoms with Crippen molar-refractivity contribution in [3.05, 3.63) is 28.8 Å². The molecule has 0 aliphatic rings. The van der Waals surface area contributed by atoms with Gasteiger partial charge in [-0.25, -0.2) is 4.39 Å². The molecular formula is C12H16F4N2O2. The van der Waals surface area contributed by atoms with Crippen LogP contribution < -0.4 is 5.73 Å². The first kappa shape index (κ1) is 16.8. The van der Waals surface area contributed by atoms with Crippen molar-refractivity contribution in [2.75, 3.05) is 6.54 Å². The zero-order valence-electron chi connectivity index (χ0n) is 11.2. The molecule has 0 saturated carbocycles. The number of hydrogen-bond acceptors (Lipinski definition) is 4. The standard InChI is InChI=1S/C12H16F4N2O2/c1-6-9(13)7(10(2,3)19)4-8(18-6)11(20,5-17)12(14,15)16/h4,19-20H,5,17H2,1-3H3/t11-/m0/s1. The molecule has 0 aliphatic carbocycles. The highest BCUT2D eigenvalue weighted by atomic mass is 19.4. The Bertz CT molecular complexity index is 511. The smallest absolute Gasteiger partial charge is 0.386 e. The van der Waals surface area contributed by atoms with Gasteiger partial charge in [0.15, 0.2) is 0 Å². The van der Waals surface area contributed by atoms with Gasteiger partial charge in [0.1, 0.15) is 5.82 Å². The van der Waals surface area contributed by atoms with E-state index < -0.39 is 41.0 Å². The van der Waals surface area contributed by atoms with Crippen LogP contribution in [-0.4, -0.2) is 27.9 Å². The van der Waals surface area contributed by atoms with Crippen LogP contribution in [0.5, 0.6) is 0 Å². The molecule has 0 spiro atoms. The minimum Gasteiger partial charge on any atom is -0.386 e. The fourth-order valence-electron chi connectivity index (χ4n) is 1.68. The fourth-order valence-corrected chi connectivity index (χ4v) is 1.68. The second-order valence-electron chi connectivity index (χ2n) is 5.08. The maximum Gasteiger partial charge on any atom is 0.424 e. The Morgan fingerprint density at radius 2 is 1.75 bits per heavy atom. The molecule has 0 unspecified atom stereocenters. The van der Waals surface area contributed by atoms with Crippen molar-refractivity contribution in [1.29, 1.82) is 0 Å². The average molecular weight is 296 g/mol. The number of nitrogens with two attached hydrogens (primary N) is 1. The van der Waals surface area contributed by atoms with Crippen molar-refractivity contribution in [2.24, 2.45) is 5.73 Å². The second-order valence-corrected chi connectivity index (χ2v) is 5.08. The molecule has 1 aromatic heterocycles. The zero-order chi connectivity index (χ0) is 15.9. The molecule has 20 heavy (non-hydrogen) atoms. The third kappa shape index (κ3) is 2.77. The van der Waals surface area contributed by atoms with E-state index in [1.807, 2.05) is 0 Å². The van der Waals surface area contributed by atoms with Crippen molar-refractivity contribution in [3.8, 4) is 0 Å². The summed E-state index contributed by atoms with van der Waals surface area (Å²) >= 11 is 0. The van der Waals surface area contributed by atoms with Crippen LogP contribution in [0.25, 0.3) is 0 Å². The molecule has 1 aromatic rings. The lowest BCUT2D eigenvalue weighted by Gasteiger charge is -2.30. The summed E-state index contributed by atoms with van der Waals surface area (Å²) in [5.74, 6) is -0.928. The maximum atomic E-state index is 13.8. The predicted molar refractivity (Wildman–Crippen MR) is 63.2 cm³/mol. The number of aliphatic hydroxyl groups is 2. The normalized spacial score (nSPS) is 16.1. The van der Waals surface area contributed by atoms with Crippen LogP contribution in [0.15, 0.2) is 6.07 Å². The first-order valence-electron chi connectivity index (χ1n) is 5.74. The average Bonchev–Trinajstić information content (AvgIpc) is 2.28. The first-order valence-corrected chi connectivity index (χ1v) is 5.74. The lowest BCUT2D eigenvalue weighted by Crippen LogP contribution is -2.49. The fraction of sp³-hybridized carbons (Fsp3) is 0.583. The van der Waals surface area contributed by atoms with E-state index in [1.165, 1.54) is 13.8 Å². The van der Waals surface area contributed by atoms with E-state index in [0.29, 0.717) is 6.07 Å². The van der Waals surface area contributed by atoms with Crippen molar-refractivity contribution >= 4 is 0 Å². The summed E-state index contributed by atoms with van der Waals surface area (Å²) in [7, 11) is 0. The van der Waals surface area contributed by atoms with E-state index in [1.54, 1.807) is 0 Å². The molecule has 0 aliphatic heterocycles. The molecule has 0 radical (unpaired) electrons. The van der Waals surface area contributed by atoms with Gasteiger partial charge in [-0.3, -0.25) is 4.98 Å². The van der Waals surface area contributed by atoms with Crippen LogP contribution in [0.3, 0.4) is 0 Å². The Kier molecular flexibility index (Phi) is 4.15. The van der Waals surface area contributed by atoms with Crippen LogP contribution in [0.2, 0.25) is 0 Å². The highest BCUT2D eigenvalue weighted by molar-refractivity contribution is 5.31. The van der Waals surface area contributed by atoms with Crippen LogP contribution in [0, 0.1) is 12.7 Å². The van der Waals surface area contributed by atoms with E-state index in [4.69, 9.17) is 5.73 Å². The summed E-state index contributed by atoms with van der Waals surface area (Å²) in [4.78, 5) is 3.42. The summed E-state index contributed by atoms with van der Waals surface area (Å²) in [6.07, 6.45) is -5.07. The Hall–Kier alpha value is -1.25. The maximum absolute atomic E-state index is 13.8. The summed E-state index contributed by atoms with van der Waals surface area (Å²) in [6.45, 7) is 2.40. The monoisotopic (exact) mass is 296 g/mol. The molecule has 0 bridgehead atoms. The number of hydrogen-bond donors (Lipinski definition) is 3. The number of pyridine rings is 1. The molecular weight excluding hydrogens is 280 g/mol. The van der Waals surface area contributed by atoms with E-state index in [-0.39, 0.29) is 5.69 Å². The highest BCUT2D eigenvalue weighted by Gasteiger charge is 2.55. The van der Waals surface area contributed by atoms with Gasteiger partial charge in [-0.15, -0.1) is 0 Å². The topological polar surface area (TPSA) is 79.4 Å². The Morgan fingerprint density at radius 3 is 2.10 bits per heavy atom. The van der Waals surface area contributed by atoms with Crippen molar-refractivity contribution in [2.45, 2.75) is 38.1 Å². The Balaban J connectivity index is 3.60. The zero-order valence-corrected chi connectivity index (χ0v) is 11.2. The number of rotatable bonds is 3. The quantitative estimate of drug-likeness (QED) is 0.738. The predicted octanol–water partition coefficient (Wildman–Crippen LogP) is 1.47. The van der Waals surface area contributed by atoms with Gasteiger partial charge in [-0.2, -0.15) is 13.2 Å². The van der Waals surface area contributed by atoms with Crippen molar-refractivity contribution in [3.63, 3.8) is 0 Å². The summed E-state index contributed by atoms with van der Waals surface area (Å²) in [5.41, 5.74) is -1.72. The molecule has 0 amide bonds. The summed E-state index contributed by atoms with van der Waals surface area (Å²) in [6, 6.07) is 0.683. The number of aryl methyl sites for hydroxylation is 1. The SMILES string of the molecule is Cc1nc([C@@](O)(CN)C(F)(F)F)cc(C(C)(C)O)c1F. The molecule has 1 atom stereocenters. The first-order chi connectivity index (χ1) is 8.84. The largest absolute Gasteiger partial charge is 0.424 e.